The number of hydrogen-bond acceptors (Lipinski definition) is 4. The maximum atomic E-state index is 11.8. The number of thioether (sulfide) groups is 1. The van der Waals surface area contributed by atoms with Crippen molar-refractivity contribution >= 4 is 17.7 Å². The van der Waals surface area contributed by atoms with Gasteiger partial charge in [0, 0.05) is 17.2 Å². The molecule has 2 rings (SSSR count). The van der Waals surface area contributed by atoms with Gasteiger partial charge in [-0.05, 0) is 36.8 Å². The van der Waals surface area contributed by atoms with E-state index in [9.17, 15) is 4.79 Å². The minimum Gasteiger partial charge on any atom is -0.493 e. The third-order valence-electron chi connectivity index (χ3n) is 3.11. The molecule has 0 heterocycles. The van der Waals surface area contributed by atoms with Crippen molar-refractivity contribution in [3.8, 4) is 11.5 Å². The van der Waals surface area contributed by atoms with E-state index in [1.807, 2.05) is 43.3 Å². The number of hydrogen-bond donors (Lipinski definition) is 1. The number of amides is 1. The zero-order valence-electron chi connectivity index (χ0n) is 13.4. The SMILES string of the molecule is COc1cc(C)ccc1OCC(=O)NCCSc1ccccc1. The predicted molar refractivity (Wildman–Crippen MR) is 93.4 cm³/mol. The number of benzene rings is 2. The van der Waals surface area contributed by atoms with Gasteiger partial charge < -0.3 is 14.8 Å². The molecule has 0 spiro atoms. The zero-order chi connectivity index (χ0) is 16.5. The van der Waals surface area contributed by atoms with Gasteiger partial charge in [0.25, 0.3) is 5.91 Å². The number of carbonyl (C=O) groups excluding carboxylic acids is 1. The van der Waals surface area contributed by atoms with Gasteiger partial charge in [-0.3, -0.25) is 4.79 Å². The molecule has 0 radical (unpaired) electrons. The fourth-order valence-corrected chi connectivity index (χ4v) is 2.75. The smallest absolute Gasteiger partial charge is 0.257 e. The molecule has 2 aromatic rings. The first-order valence-electron chi connectivity index (χ1n) is 7.41. The van der Waals surface area contributed by atoms with E-state index >= 15 is 0 Å². The first-order valence-corrected chi connectivity index (χ1v) is 8.39. The number of carbonyl (C=O) groups is 1. The third kappa shape index (κ3) is 5.87. The molecule has 0 atom stereocenters. The zero-order valence-corrected chi connectivity index (χ0v) is 14.2. The molecular formula is C18H21NO3S. The first-order chi connectivity index (χ1) is 11.2. The summed E-state index contributed by atoms with van der Waals surface area (Å²) in [5, 5.41) is 2.85. The topological polar surface area (TPSA) is 47.6 Å². The molecule has 1 N–H and O–H groups in total. The molecule has 23 heavy (non-hydrogen) atoms. The van der Waals surface area contributed by atoms with Crippen LogP contribution < -0.4 is 14.8 Å². The highest BCUT2D eigenvalue weighted by molar-refractivity contribution is 7.99. The number of aryl methyl sites for hydroxylation is 1. The minimum atomic E-state index is -0.138. The summed E-state index contributed by atoms with van der Waals surface area (Å²) in [6.45, 7) is 2.56. The van der Waals surface area contributed by atoms with Crippen molar-refractivity contribution in [2.75, 3.05) is 26.0 Å². The molecule has 0 saturated heterocycles. The molecule has 0 aliphatic heterocycles. The summed E-state index contributed by atoms with van der Waals surface area (Å²) >= 11 is 1.71. The van der Waals surface area contributed by atoms with Crippen molar-refractivity contribution in [3.05, 3.63) is 54.1 Å². The van der Waals surface area contributed by atoms with E-state index in [1.165, 1.54) is 4.90 Å². The average molecular weight is 331 g/mol. The van der Waals surface area contributed by atoms with Gasteiger partial charge in [-0.15, -0.1) is 11.8 Å². The maximum absolute atomic E-state index is 11.8. The van der Waals surface area contributed by atoms with E-state index in [4.69, 9.17) is 9.47 Å². The second-order valence-electron chi connectivity index (χ2n) is 4.95. The summed E-state index contributed by atoms with van der Waals surface area (Å²) in [5.74, 6) is 1.90. The van der Waals surface area contributed by atoms with Crippen LogP contribution in [-0.4, -0.2) is 31.9 Å². The van der Waals surface area contributed by atoms with Crippen molar-refractivity contribution in [1.29, 1.82) is 0 Å². The molecule has 1 amide bonds. The van der Waals surface area contributed by atoms with Crippen LogP contribution in [0.15, 0.2) is 53.4 Å². The standard InChI is InChI=1S/C18H21NO3S/c1-14-8-9-16(17(12-14)21-2)22-13-18(20)19-10-11-23-15-6-4-3-5-7-15/h3-9,12H,10-11,13H2,1-2H3,(H,19,20). The van der Waals surface area contributed by atoms with Gasteiger partial charge in [0.05, 0.1) is 7.11 Å². The lowest BCUT2D eigenvalue weighted by Crippen LogP contribution is -2.30. The molecule has 0 fully saturated rings. The van der Waals surface area contributed by atoms with Crippen molar-refractivity contribution in [3.63, 3.8) is 0 Å². The molecule has 4 nitrogen and oxygen atoms in total. The van der Waals surface area contributed by atoms with Gasteiger partial charge in [0.15, 0.2) is 18.1 Å². The Labute approximate surface area is 141 Å². The van der Waals surface area contributed by atoms with Crippen LogP contribution in [0.25, 0.3) is 0 Å². The van der Waals surface area contributed by atoms with E-state index in [1.54, 1.807) is 18.9 Å². The van der Waals surface area contributed by atoms with Gasteiger partial charge in [0.1, 0.15) is 0 Å². The van der Waals surface area contributed by atoms with E-state index in [0.717, 1.165) is 11.3 Å². The molecule has 0 aliphatic rings. The highest BCUT2D eigenvalue weighted by atomic mass is 32.2. The van der Waals surface area contributed by atoms with E-state index in [2.05, 4.69) is 17.4 Å². The normalized spacial score (nSPS) is 10.2. The lowest BCUT2D eigenvalue weighted by Gasteiger charge is -2.11. The summed E-state index contributed by atoms with van der Waals surface area (Å²) in [4.78, 5) is 13.0. The Morgan fingerprint density at radius 2 is 1.91 bits per heavy atom. The first kappa shape index (κ1) is 17.2. The van der Waals surface area contributed by atoms with Gasteiger partial charge in [-0.25, -0.2) is 0 Å². The van der Waals surface area contributed by atoms with Gasteiger partial charge in [-0.1, -0.05) is 24.3 Å². The summed E-state index contributed by atoms with van der Waals surface area (Å²) < 4.78 is 10.8. The highest BCUT2D eigenvalue weighted by Gasteiger charge is 2.07. The van der Waals surface area contributed by atoms with Gasteiger partial charge in [0.2, 0.25) is 0 Å². The van der Waals surface area contributed by atoms with Gasteiger partial charge in [-0.2, -0.15) is 0 Å². The van der Waals surface area contributed by atoms with Crippen molar-refractivity contribution in [1.82, 2.24) is 5.32 Å². The van der Waals surface area contributed by atoms with Crippen molar-refractivity contribution in [2.45, 2.75) is 11.8 Å². The minimum absolute atomic E-state index is 0.0184. The second-order valence-corrected chi connectivity index (χ2v) is 6.12. The van der Waals surface area contributed by atoms with Crippen LogP contribution in [0.5, 0.6) is 11.5 Å². The van der Waals surface area contributed by atoms with E-state index < -0.39 is 0 Å². The molecule has 2 aromatic carbocycles. The molecule has 0 unspecified atom stereocenters. The van der Waals surface area contributed by atoms with Crippen LogP contribution in [0.2, 0.25) is 0 Å². The summed E-state index contributed by atoms with van der Waals surface area (Å²) in [6.07, 6.45) is 0. The van der Waals surface area contributed by atoms with Crippen LogP contribution in [-0.2, 0) is 4.79 Å². The number of ether oxygens (including phenoxy) is 2. The Kier molecular flexibility index (Phi) is 6.81. The van der Waals surface area contributed by atoms with Crippen LogP contribution >= 0.6 is 11.8 Å². The fourth-order valence-electron chi connectivity index (χ4n) is 1.96. The fraction of sp³-hybridized carbons (Fsp3) is 0.278. The van der Waals surface area contributed by atoms with Gasteiger partial charge >= 0.3 is 0 Å². The number of nitrogens with one attached hydrogen (secondary N) is 1. The monoisotopic (exact) mass is 331 g/mol. The average Bonchev–Trinajstić information content (AvgIpc) is 2.58. The Balaban J connectivity index is 1.69. The molecule has 0 saturated carbocycles. The van der Waals surface area contributed by atoms with Crippen LogP contribution in [0.3, 0.4) is 0 Å². The Morgan fingerprint density at radius 1 is 1.13 bits per heavy atom. The Morgan fingerprint density at radius 3 is 2.65 bits per heavy atom. The lowest BCUT2D eigenvalue weighted by atomic mass is 10.2. The van der Waals surface area contributed by atoms with Crippen LogP contribution in [0.4, 0.5) is 0 Å². The largest absolute Gasteiger partial charge is 0.493 e. The molecular weight excluding hydrogens is 310 g/mol. The Bertz CT molecular complexity index is 631. The Hall–Kier alpha value is -2.14. The summed E-state index contributed by atoms with van der Waals surface area (Å²) in [5.41, 5.74) is 1.08. The maximum Gasteiger partial charge on any atom is 0.257 e. The molecule has 5 heteroatoms. The van der Waals surface area contributed by atoms with Crippen LogP contribution in [0.1, 0.15) is 5.56 Å². The van der Waals surface area contributed by atoms with Crippen molar-refractivity contribution in [2.24, 2.45) is 0 Å². The molecule has 0 aliphatic carbocycles. The molecule has 0 bridgehead atoms. The highest BCUT2D eigenvalue weighted by Crippen LogP contribution is 2.27. The summed E-state index contributed by atoms with van der Waals surface area (Å²) in [6, 6.07) is 15.7. The van der Waals surface area contributed by atoms with Crippen LogP contribution in [0, 0.1) is 6.92 Å². The van der Waals surface area contributed by atoms with E-state index in [0.29, 0.717) is 18.0 Å². The predicted octanol–water partition coefficient (Wildman–Crippen LogP) is 3.29. The molecule has 0 aromatic heterocycles. The quantitative estimate of drug-likeness (QED) is 0.596. The van der Waals surface area contributed by atoms with Crippen molar-refractivity contribution < 1.29 is 14.3 Å². The number of rotatable bonds is 8. The number of methoxy groups -OCH3 is 1. The second kappa shape index (κ2) is 9.10. The van der Waals surface area contributed by atoms with E-state index in [-0.39, 0.29) is 12.5 Å². The third-order valence-corrected chi connectivity index (χ3v) is 4.13. The molecule has 122 valence electrons. The lowest BCUT2D eigenvalue weighted by molar-refractivity contribution is -0.122. The summed E-state index contributed by atoms with van der Waals surface area (Å²) in [7, 11) is 1.59.